The first-order chi connectivity index (χ1) is 11.6. The SMILES string of the molecule is O=S(=O)(/N=C(/c1ccc(F)cc1)N1CCCCC1)c1ccccc1. The highest BCUT2D eigenvalue weighted by Gasteiger charge is 2.21. The van der Waals surface area contributed by atoms with Gasteiger partial charge in [-0.2, -0.15) is 8.42 Å². The molecule has 3 rings (SSSR count). The maximum Gasteiger partial charge on any atom is 0.284 e. The molecule has 6 heteroatoms. The van der Waals surface area contributed by atoms with Crippen LogP contribution in [0.1, 0.15) is 24.8 Å². The van der Waals surface area contributed by atoms with Crippen molar-refractivity contribution in [2.75, 3.05) is 13.1 Å². The molecule has 24 heavy (non-hydrogen) atoms. The van der Waals surface area contributed by atoms with Gasteiger partial charge in [0.05, 0.1) is 4.90 Å². The maximum atomic E-state index is 13.2. The average molecular weight is 346 g/mol. The standard InChI is InChI=1S/C18H19FN2O2S/c19-16-11-9-15(10-12-16)18(21-13-5-2-6-14-21)20-24(22,23)17-7-3-1-4-8-17/h1,3-4,7-12H,2,5-6,13-14H2/b20-18-. The number of piperidine rings is 1. The van der Waals surface area contributed by atoms with Crippen LogP contribution in [0.5, 0.6) is 0 Å². The van der Waals surface area contributed by atoms with Gasteiger partial charge >= 0.3 is 0 Å². The third-order valence-corrected chi connectivity index (χ3v) is 5.29. The molecule has 0 aliphatic carbocycles. The van der Waals surface area contributed by atoms with Crippen LogP contribution in [-0.4, -0.2) is 32.2 Å². The van der Waals surface area contributed by atoms with Gasteiger partial charge in [0, 0.05) is 18.7 Å². The molecule has 0 atom stereocenters. The van der Waals surface area contributed by atoms with E-state index in [4.69, 9.17) is 0 Å². The third-order valence-electron chi connectivity index (χ3n) is 4.01. The summed E-state index contributed by atoms with van der Waals surface area (Å²) in [6, 6.07) is 13.9. The summed E-state index contributed by atoms with van der Waals surface area (Å²) >= 11 is 0. The Labute approximate surface area is 141 Å². The fourth-order valence-electron chi connectivity index (χ4n) is 2.76. The van der Waals surface area contributed by atoms with E-state index in [-0.39, 0.29) is 10.7 Å². The van der Waals surface area contributed by atoms with Crippen LogP contribution in [0, 0.1) is 5.82 Å². The highest BCUT2D eigenvalue weighted by Crippen LogP contribution is 2.19. The predicted molar refractivity (Wildman–Crippen MR) is 92.0 cm³/mol. The van der Waals surface area contributed by atoms with E-state index >= 15 is 0 Å². The Kier molecular flexibility index (Phi) is 4.94. The van der Waals surface area contributed by atoms with Crippen LogP contribution in [0.25, 0.3) is 0 Å². The highest BCUT2D eigenvalue weighted by atomic mass is 32.2. The second kappa shape index (κ2) is 7.13. The number of hydrogen-bond donors (Lipinski definition) is 0. The van der Waals surface area contributed by atoms with Gasteiger partial charge < -0.3 is 4.90 Å². The molecule has 126 valence electrons. The van der Waals surface area contributed by atoms with Crippen molar-refractivity contribution in [3.05, 3.63) is 66.0 Å². The van der Waals surface area contributed by atoms with Gasteiger partial charge in [-0.1, -0.05) is 18.2 Å². The Hall–Kier alpha value is -2.21. The van der Waals surface area contributed by atoms with Crippen molar-refractivity contribution in [1.82, 2.24) is 4.90 Å². The number of amidine groups is 1. The van der Waals surface area contributed by atoms with Crippen LogP contribution in [0.2, 0.25) is 0 Å². The van der Waals surface area contributed by atoms with Crippen molar-refractivity contribution in [3.63, 3.8) is 0 Å². The lowest BCUT2D eigenvalue weighted by Gasteiger charge is -2.29. The molecule has 1 fully saturated rings. The molecule has 0 saturated carbocycles. The van der Waals surface area contributed by atoms with Crippen molar-refractivity contribution in [3.8, 4) is 0 Å². The van der Waals surface area contributed by atoms with E-state index in [1.165, 1.54) is 24.3 Å². The largest absolute Gasteiger partial charge is 0.355 e. The van der Waals surface area contributed by atoms with Crippen molar-refractivity contribution in [1.29, 1.82) is 0 Å². The summed E-state index contributed by atoms with van der Waals surface area (Å²) in [6.07, 6.45) is 3.11. The molecular weight excluding hydrogens is 327 g/mol. The Morgan fingerprint density at radius 2 is 1.54 bits per heavy atom. The minimum atomic E-state index is -3.81. The Morgan fingerprint density at radius 1 is 0.917 bits per heavy atom. The zero-order chi connectivity index (χ0) is 17.0. The van der Waals surface area contributed by atoms with E-state index in [1.807, 2.05) is 4.90 Å². The molecule has 2 aromatic carbocycles. The molecule has 2 aromatic rings. The molecule has 0 bridgehead atoms. The summed E-state index contributed by atoms with van der Waals surface area (Å²) in [5.41, 5.74) is 0.609. The van der Waals surface area contributed by atoms with Crippen LogP contribution in [-0.2, 0) is 10.0 Å². The summed E-state index contributed by atoms with van der Waals surface area (Å²) in [5.74, 6) is 0.0289. The number of benzene rings is 2. The van der Waals surface area contributed by atoms with Gasteiger partial charge in [-0.25, -0.2) is 4.39 Å². The molecule has 1 aliphatic heterocycles. The van der Waals surface area contributed by atoms with E-state index in [1.54, 1.807) is 30.3 Å². The second-order valence-electron chi connectivity index (χ2n) is 5.76. The third kappa shape index (κ3) is 3.82. The number of nitrogens with zero attached hydrogens (tertiary/aromatic N) is 2. The first kappa shape index (κ1) is 16.6. The Morgan fingerprint density at radius 3 is 2.17 bits per heavy atom. The molecule has 0 radical (unpaired) electrons. The molecule has 1 saturated heterocycles. The quantitative estimate of drug-likeness (QED) is 0.632. The van der Waals surface area contributed by atoms with Crippen LogP contribution >= 0.6 is 0 Å². The van der Waals surface area contributed by atoms with Crippen LogP contribution < -0.4 is 0 Å². The number of likely N-dealkylation sites (tertiary alicyclic amines) is 1. The topological polar surface area (TPSA) is 49.7 Å². The molecule has 0 spiro atoms. The number of halogens is 1. The van der Waals surface area contributed by atoms with E-state index in [9.17, 15) is 12.8 Å². The number of hydrogen-bond acceptors (Lipinski definition) is 2. The second-order valence-corrected chi connectivity index (χ2v) is 7.36. The van der Waals surface area contributed by atoms with Gasteiger partial charge in [-0.3, -0.25) is 0 Å². The lowest BCUT2D eigenvalue weighted by atomic mass is 10.1. The molecule has 0 aromatic heterocycles. The molecule has 0 N–H and O–H groups in total. The van der Waals surface area contributed by atoms with Gasteiger partial charge in [-0.05, 0) is 55.7 Å². The summed E-state index contributed by atoms with van der Waals surface area (Å²) in [6.45, 7) is 1.50. The lowest BCUT2D eigenvalue weighted by molar-refractivity contribution is 0.343. The van der Waals surface area contributed by atoms with Gasteiger partial charge in [0.25, 0.3) is 10.0 Å². The van der Waals surface area contributed by atoms with Gasteiger partial charge in [0.2, 0.25) is 0 Å². The van der Waals surface area contributed by atoms with Crippen molar-refractivity contribution < 1.29 is 12.8 Å². The molecule has 0 amide bonds. The minimum Gasteiger partial charge on any atom is -0.355 e. The van der Waals surface area contributed by atoms with Crippen LogP contribution in [0.15, 0.2) is 63.9 Å². The maximum absolute atomic E-state index is 13.2. The fraction of sp³-hybridized carbons (Fsp3) is 0.278. The molecule has 4 nitrogen and oxygen atoms in total. The molecular formula is C18H19FN2O2S. The predicted octanol–water partition coefficient (Wildman–Crippen LogP) is 3.45. The summed E-state index contributed by atoms with van der Waals surface area (Å²) in [4.78, 5) is 2.12. The Bertz CT molecular complexity index is 812. The van der Waals surface area contributed by atoms with Crippen molar-refractivity contribution >= 4 is 15.9 Å². The van der Waals surface area contributed by atoms with Crippen molar-refractivity contribution in [2.24, 2.45) is 4.40 Å². The van der Waals surface area contributed by atoms with E-state index < -0.39 is 10.0 Å². The fourth-order valence-corrected chi connectivity index (χ4v) is 3.81. The monoisotopic (exact) mass is 346 g/mol. The normalized spacial score (nSPS) is 16.2. The summed E-state index contributed by atoms with van der Waals surface area (Å²) in [7, 11) is -3.81. The van der Waals surface area contributed by atoms with E-state index in [2.05, 4.69) is 4.40 Å². The Balaban J connectivity index is 2.05. The first-order valence-corrected chi connectivity index (χ1v) is 9.41. The van der Waals surface area contributed by atoms with Gasteiger partial charge in [0.1, 0.15) is 11.7 Å². The zero-order valence-corrected chi connectivity index (χ0v) is 14.0. The zero-order valence-electron chi connectivity index (χ0n) is 13.2. The van der Waals surface area contributed by atoms with Gasteiger partial charge in [-0.15, -0.1) is 4.40 Å². The molecule has 1 aliphatic rings. The van der Waals surface area contributed by atoms with E-state index in [0.717, 1.165) is 32.4 Å². The van der Waals surface area contributed by atoms with Crippen LogP contribution in [0.3, 0.4) is 0 Å². The lowest BCUT2D eigenvalue weighted by Crippen LogP contribution is -2.36. The smallest absolute Gasteiger partial charge is 0.284 e. The summed E-state index contributed by atoms with van der Waals surface area (Å²) < 4.78 is 42.6. The van der Waals surface area contributed by atoms with Crippen LogP contribution in [0.4, 0.5) is 4.39 Å². The van der Waals surface area contributed by atoms with E-state index in [0.29, 0.717) is 11.4 Å². The van der Waals surface area contributed by atoms with Crippen molar-refractivity contribution in [2.45, 2.75) is 24.2 Å². The molecule has 1 heterocycles. The minimum absolute atomic E-state index is 0.154. The summed E-state index contributed by atoms with van der Waals surface area (Å²) in [5, 5.41) is 0. The molecule has 0 unspecified atom stereocenters. The number of rotatable bonds is 3. The average Bonchev–Trinajstić information content (AvgIpc) is 2.62. The highest BCUT2D eigenvalue weighted by molar-refractivity contribution is 7.90. The van der Waals surface area contributed by atoms with Gasteiger partial charge in [0.15, 0.2) is 0 Å². The number of sulfonamides is 1. The first-order valence-electron chi connectivity index (χ1n) is 7.97.